The number of nitrogens with zero attached hydrogens (tertiary/aromatic N) is 1. The van der Waals surface area contributed by atoms with Gasteiger partial charge in [0.05, 0.1) is 22.5 Å². The van der Waals surface area contributed by atoms with Gasteiger partial charge in [-0.15, -0.1) is 0 Å². The molecular weight excluding hydrogens is 282 g/mol. The van der Waals surface area contributed by atoms with Crippen molar-refractivity contribution in [3.63, 3.8) is 0 Å². The first-order valence-corrected chi connectivity index (χ1v) is 5.86. The molecule has 0 fully saturated rings. The molecule has 0 saturated carbocycles. The van der Waals surface area contributed by atoms with Crippen LogP contribution in [0.1, 0.15) is 20.7 Å². The molecule has 0 spiro atoms. The summed E-state index contributed by atoms with van der Waals surface area (Å²) in [5.41, 5.74) is 5.24. The zero-order valence-corrected chi connectivity index (χ0v) is 10.4. The maximum absolute atomic E-state index is 13.2. The highest BCUT2D eigenvalue weighted by Gasteiger charge is 2.38. The third-order valence-electron chi connectivity index (χ3n) is 3.18. The second kappa shape index (κ2) is 4.27. The van der Waals surface area contributed by atoms with Crippen LogP contribution >= 0.6 is 0 Å². The van der Waals surface area contributed by atoms with Gasteiger partial charge in [0.25, 0.3) is 11.8 Å². The third kappa shape index (κ3) is 1.82. The molecule has 1 aliphatic heterocycles. The average molecular weight is 290 g/mol. The largest absolute Gasteiger partial charge is 0.508 e. The van der Waals surface area contributed by atoms with Crippen LogP contribution in [0.3, 0.4) is 0 Å². The molecule has 3 rings (SSSR count). The van der Waals surface area contributed by atoms with Crippen molar-refractivity contribution in [2.75, 3.05) is 10.6 Å². The Kier molecular flexibility index (Phi) is 2.65. The lowest BCUT2D eigenvalue weighted by molar-refractivity contribution is 0.0926. The van der Waals surface area contributed by atoms with E-state index in [0.29, 0.717) is 12.1 Å². The number of phenolic OH excluding ortho intramolecular Hbond substituents is 1. The number of carbonyl (C=O) groups excluding carboxylic acids is 2. The number of amides is 2. The van der Waals surface area contributed by atoms with Crippen LogP contribution in [0, 0.1) is 11.6 Å². The summed E-state index contributed by atoms with van der Waals surface area (Å²) in [5.74, 6) is -4.16. The summed E-state index contributed by atoms with van der Waals surface area (Å²) in [6, 6.07) is 5.05. The normalized spacial score (nSPS) is 13.7. The minimum absolute atomic E-state index is 0.00884. The van der Waals surface area contributed by atoms with Gasteiger partial charge in [0, 0.05) is 6.07 Å². The van der Waals surface area contributed by atoms with Crippen molar-refractivity contribution in [1.82, 2.24) is 0 Å². The maximum atomic E-state index is 13.2. The standard InChI is InChI=1S/C14H8F2N2O3/c15-9-4-7-8(5-10(9)16)14(21)18(13(7)20)12-2-1-6(19)3-11(12)17/h1-5,19H,17H2. The van der Waals surface area contributed by atoms with Gasteiger partial charge in [0.1, 0.15) is 5.75 Å². The predicted molar refractivity (Wildman–Crippen MR) is 70.0 cm³/mol. The number of aromatic hydroxyl groups is 1. The number of anilines is 2. The Labute approximate surface area is 117 Å². The lowest BCUT2D eigenvalue weighted by atomic mass is 10.1. The molecule has 5 nitrogen and oxygen atoms in total. The molecule has 0 bridgehead atoms. The first-order valence-electron chi connectivity index (χ1n) is 5.86. The van der Waals surface area contributed by atoms with E-state index in [1.165, 1.54) is 18.2 Å². The van der Waals surface area contributed by atoms with Gasteiger partial charge in [-0.05, 0) is 24.3 Å². The molecule has 2 aromatic rings. The van der Waals surface area contributed by atoms with Crippen molar-refractivity contribution >= 4 is 23.2 Å². The zero-order chi connectivity index (χ0) is 15.3. The molecule has 3 N–H and O–H groups in total. The van der Waals surface area contributed by atoms with E-state index in [4.69, 9.17) is 5.73 Å². The number of nitrogens with two attached hydrogens (primary N) is 1. The third-order valence-corrected chi connectivity index (χ3v) is 3.18. The Morgan fingerprint density at radius 3 is 1.95 bits per heavy atom. The van der Waals surface area contributed by atoms with E-state index in [1.807, 2.05) is 0 Å². The van der Waals surface area contributed by atoms with Gasteiger partial charge in [-0.25, -0.2) is 13.7 Å². The molecule has 0 saturated heterocycles. The fourth-order valence-electron chi connectivity index (χ4n) is 2.20. The molecule has 0 atom stereocenters. The quantitative estimate of drug-likeness (QED) is 0.622. The Morgan fingerprint density at radius 1 is 0.952 bits per heavy atom. The van der Waals surface area contributed by atoms with E-state index in [9.17, 15) is 23.5 Å². The van der Waals surface area contributed by atoms with Gasteiger partial charge in [-0.2, -0.15) is 0 Å². The second-order valence-corrected chi connectivity index (χ2v) is 4.50. The van der Waals surface area contributed by atoms with E-state index in [1.54, 1.807) is 0 Å². The van der Waals surface area contributed by atoms with Gasteiger partial charge >= 0.3 is 0 Å². The van der Waals surface area contributed by atoms with Crippen molar-refractivity contribution in [3.8, 4) is 5.75 Å². The molecule has 0 aliphatic carbocycles. The average Bonchev–Trinajstić information content (AvgIpc) is 2.64. The number of carbonyl (C=O) groups is 2. The van der Waals surface area contributed by atoms with E-state index in [-0.39, 0.29) is 28.3 Å². The summed E-state index contributed by atoms with van der Waals surface area (Å²) in [4.78, 5) is 25.1. The summed E-state index contributed by atoms with van der Waals surface area (Å²) in [7, 11) is 0. The van der Waals surface area contributed by atoms with Crippen LogP contribution in [-0.4, -0.2) is 16.9 Å². The summed E-state index contributed by atoms with van der Waals surface area (Å²) in [6.07, 6.45) is 0. The Hall–Kier alpha value is -2.96. The molecule has 0 unspecified atom stereocenters. The van der Waals surface area contributed by atoms with Crippen LogP contribution in [0.4, 0.5) is 20.2 Å². The number of nitrogen functional groups attached to an aromatic ring is 1. The van der Waals surface area contributed by atoms with Gasteiger partial charge < -0.3 is 10.8 Å². The summed E-state index contributed by atoms with van der Waals surface area (Å²) in [6.45, 7) is 0. The van der Waals surface area contributed by atoms with E-state index < -0.39 is 23.4 Å². The fraction of sp³-hybridized carbons (Fsp3) is 0. The lowest BCUT2D eigenvalue weighted by Gasteiger charge is -2.16. The molecule has 2 aromatic carbocycles. The number of rotatable bonds is 1. The van der Waals surface area contributed by atoms with E-state index in [2.05, 4.69) is 0 Å². The van der Waals surface area contributed by atoms with Crippen molar-refractivity contribution < 1.29 is 23.5 Å². The van der Waals surface area contributed by atoms with Crippen LogP contribution < -0.4 is 10.6 Å². The maximum Gasteiger partial charge on any atom is 0.266 e. The van der Waals surface area contributed by atoms with E-state index >= 15 is 0 Å². The number of fused-ring (bicyclic) bond motifs is 1. The Morgan fingerprint density at radius 2 is 1.48 bits per heavy atom. The molecular formula is C14H8F2N2O3. The minimum Gasteiger partial charge on any atom is -0.508 e. The summed E-state index contributed by atoms with van der Waals surface area (Å²) >= 11 is 0. The zero-order valence-electron chi connectivity index (χ0n) is 10.4. The summed E-state index contributed by atoms with van der Waals surface area (Å²) < 4.78 is 26.4. The first-order chi connectivity index (χ1) is 9.90. The molecule has 106 valence electrons. The molecule has 21 heavy (non-hydrogen) atoms. The Bertz CT molecular complexity index is 764. The molecule has 2 amide bonds. The van der Waals surface area contributed by atoms with Crippen LogP contribution in [0.2, 0.25) is 0 Å². The number of halogens is 2. The smallest absolute Gasteiger partial charge is 0.266 e. The number of imide groups is 1. The van der Waals surface area contributed by atoms with Crippen LogP contribution in [0.15, 0.2) is 30.3 Å². The number of hydrogen-bond donors (Lipinski definition) is 2. The van der Waals surface area contributed by atoms with E-state index in [0.717, 1.165) is 4.90 Å². The SMILES string of the molecule is Nc1cc(O)ccc1N1C(=O)c2cc(F)c(F)cc2C1=O. The molecule has 0 aromatic heterocycles. The predicted octanol–water partition coefficient (Wildman–Crippen LogP) is 2.05. The fourth-order valence-corrected chi connectivity index (χ4v) is 2.20. The first kappa shape index (κ1) is 13.0. The van der Waals surface area contributed by atoms with Gasteiger partial charge in [-0.3, -0.25) is 9.59 Å². The molecule has 1 heterocycles. The van der Waals surface area contributed by atoms with Crippen molar-refractivity contribution in [2.45, 2.75) is 0 Å². The number of hydrogen-bond acceptors (Lipinski definition) is 4. The van der Waals surface area contributed by atoms with Gasteiger partial charge in [0.15, 0.2) is 11.6 Å². The van der Waals surface area contributed by atoms with Crippen molar-refractivity contribution in [2.24, 2.45) is 0 Å². The van der Waals surface area contributed by atoms with Crippen LogP contribution in [0.25, 0.3) is 0 Å². The highest BCUT2D eigenvalue weighted by molar-refractivity contribution is 6.35. The molecule has 0 radical (unpaired) electrons. The van der Waals surface area contributed by atoms with Crippen LogP contribution in [-0.2, 0) is 0 Å². The molecule has 1 aliphatic rings. The highest BCUT2D eigenvalue weighted by atomic mass is 19.2. The number of phenols is 1. The monoisotopic (exact) mass is 290 g/mol. The molecule has 7 heteroatoms. The minimum atomic E-state index is -1.21. The van der Waals surface area contributed by atoms with Crippen LogP contribution in [0.5, 0.6) is 5.75 Å². The van der Waals surface area contributed by atoms with Gasteiger partial charge in [-0.1, -0.05) is 0 Å². The Balaban J connectivity index is 2.16. The second-order valence-electron chi connectivity index (χ2n) is 4.50. The highest BCUT2D eigenvalue weighted by Crippen LogP contribution is 2.34. The van der Waals surface area contributed by atoms with Gasteiger partial charge in [0.2, 0.25) is 0 Å². The summed E-state index contributed by atoms with van der Waals surface area (Å²) in [5, 5.41) is 9.29. The number of benzene rings is 2. The lowest BCUT2D eigenvalue weighted by Crippen LogP contribution is -2.30. The topological polar surface area (TPSA) is 83.6 Å². The van der Waals surface area contributed by atoms with Crippen molar-refractivity contribution in [3.05, 3.63) is 53.1 Å². The van der Waals surface area contributed by atoms with Crippen molar-refractivity contribution in [1.29, 1.82) is 0 Å².